The maximum absolute atomic E-state index is 12.6. The van der Waals surface area contributed by atoms with Gasteiger partial charge in [-0.15, -0.1) is 0 Å². The number of likely N-dealkylation sites (tertiary alicyclic amines) is 1. The molecule has 0 spiro atoms. The number of likely N-dealkylation sites (N-methyl/N-ethyl adjacent to an activating group) is 1. The minimum absolute atomic E-state index is 0.00630. The normalized spacial score (nSPS) is 19.7. The molecule has 1 aromatic rings. The quantitative estimate of drug-likeness (QED) is 0.820. The van der Waals surface area contributed by atoms with E-state index < -0.39 is 0 Å². The zero-order valence-electron chi connectivity index (χ0n) is 13.7. The van der Waals surface area contributed by atoms with Gasteiger partial charge in [-0.1, -0.05) is 0 Å². The van der Waals surface area contributed by atoms with Crippen LogP contribution in [0.15, 0.2) is 18.3 Å². The summed E-state index contributed by atoms with van der Waals surface area (Å²) >= 11 is 0. The number of piperidine rings is 1. The van der Waals surface area contributed by atoms with Crippen LogP contribution in [0.2, 0.25) is 0 Å². The van der Waals surface area contributed by atoms with E-state index in [0.29, 0.717) is 11.3 Å². The average Bonchev–Trinajstić information content (AvgIpc) is 2.62. The Labute approximate surface area is 137 Å². The number of nitrogens with zero attached hydrogens (tertiary/aromatic N) is 4. The summed E-state index contributed by atoms with van der Waals surface area (Å²) in [4.78, 5) is 35.2. The number of pyridine rings is 1. The predicted octanol–water partition coefficient (Wildman–Crippen LogP) is 1.10. The van der Waals surface area contributed by atoms with Gasteiger partial charge in [0.05, 0.1) is 0 Å². The molecule has 0 atom stereocenters. The Hall–Kier alpha value is -1.95. The van der Waals surface area contributed by atoms with Crippen LogP contribution in [0, 0.1) is 0 Å². The third kappa shape index (κ3) is 3.69. The molecule has 0 bridgehead atoms. The summed E-state index contributed by atoms with van der Waals surface area (Å²) in [5, 5.41) is 0. The number of amides is 2. The zero-order chi connectivity index (χ0) is 16.2. The van der Waals surface area contributed by atoms with Gasteiger partial charge in [0.25, 0.3) is 11.8 Å². The number of hydrogen-bond acceptors (Lipinski definition) is 4. The molecule has 1 aromatic heterocycles. The number of rotatable bonds is 2. The average molecular weight is 316 g/mol. The molecule has 0 unspecified atom stereocenters. The van der Waals surface area contributed by atoms with Gasteiger partial charge in [-0.25, -0.2) is 0 Å². The van der Waals surface area contributed by atoms with Crippen LogP contribution >= 0.6 is 0 Å². The molecule has 0 saturated carbocycles. The molecule has 2 aliphatic heterocycles. The minimum atomic E-state index is -0.0577. The molecule has 0 aromatic carbocycles. The summed E-state index contributed by atoms with van der Waals surface area (Å²) in [7, 11) is 2.06. The molecule has 0 aliphatic carbocycles. The standard InChI is InChI=1S/C17H24N4O2/c1-19-9-11-21(12-10-19)16(22)14-5-6-18-15(13-14)17(23)20-7-3-2-4-8-20/h5-6,13H,2-4,7-12H2,1H3. The van der Waals surface area contributed by atoms with E-state index in [1.54, 1.807) is 18.3 Å². The molecular formula is C17H24N4O2. The van der Waals surface area contributed by atoms with E-state index in [-0.39, 0.29) is 11.8 Å². The van der Waals surface area contributed by atoms with Gasteiger partial charge in [-0.2, -0.15) is 0 Å². The second-order valence-electron chi connectivity index (χ2n) is 6.38. The fraction of sp³-hybridized carbons (Fsp3) is 0.588. The third-order valence-electron chi connectivity index (χ3n) is 4.66. The Morgan fingerprint density at radius 1 is 0.913 bits per heavy atom. The molecule has 6 heteroatoms. The lowest BCUT2D eigenvalue weighted by Crippen LogP contribution is -2.47. The highest BCUT2D eigenvalue weighted by atomic mass is 16.2. The summed E-state index contributed by atoms with van der Waals surface area (Å²) in [5.41, 5.74) is 0.941. The van der Waals surface area contributed by atoms with Crippen LogP contribution in [-0.4, -0.2) is 77.8 Å². The highest BCUT2D eigenvalue weighted by molar-refractivity contribution is 5.98. The second kappa shape index (κ2) is 7.08. The van der Waals surface area contributed by atoms with E-state index >= 15 is 0 Å². The molecule has 0 N–H and O–H groups in total. The van der Waals surface area contributed by atoms with E-state index in [0.717, 1.165) is 52.1 Å². The van der Waals surface area contributed by atoms with Gasteiger partial charge in [0.1, 0.15) is 5.69 Å². The first-order valence-corrected chi connectivity index (χ1v) is 8.38. The maximum Gasteiger partial charge on any atom is 0.272 e. The van der Waals surface area contributed by atoms with Crippen LogP contribution in [0.5, 0.6) is 0 Å². The van der Waals surface area contributed by atoms with Gasteiger partial charge in [0.15, 0.2) is 0 Å². The number of hydrogen-bond donors (Lipinski definition) is 0. The predicted molar refractivity (Wildman–Crippen MR) is 87.4 cm³/mol. The molecule has 6 nitrogen and oxygen atoms in total. The van der Waals surface area contributed by atoms with Crippen molar-refractivity contribution in [3.63, 3.8) is 0 Å². The first-order valence-electron chi connectivity index (χ1n) is 8.38. The molecule has 2 amide bonds. The smallest absolute Gasteiger partial charge is 0.272 e. The van der Waals surface area contributed by atoms with Gasteiger partial charge >= 0.3 is 0 Å². The Morgan fingerprint density at radius 2 is 1.57 bits per heavy atom. The van der Waals surface area contributed by atoms with E-state index in [1.165, 1.54) is 6.42 Å². The maximum atomic E-state index is 12.6. The van der Waals surface area contributed by atoms with Crippen molar-refractivity contribution >= 4 is 11.8 Å². The van der Waals surface area contributed by atoms with Crippen molar-refractivity contribution in [2.24, 2.45) is 0 Å². The molecular weight excluding hydrogens is 292 g/mol. The van der Waals surface area contributed by atoms with Crippen LogP contribution in [0.1, 0.15) is 40.1 Å². The zero-order valence-corrected chi connectivity index (χ0v) is 13.7. The van der Waals surface area contributed by atoms with Crippen molar-refractivity contribution in [2.75, 3.05) is 46.3 Å². The van der Waals surface area contributed by atoms with Gasteiger partial charge in [0.2, 0.25) is 0 Å². The second-order valence-corrected chi connectivity index (χ2v) is 6.38. The molecule has 2 aliphatic rings. The molecule has 2 saturated heterocycles. The number of piperazine rings is 1. The number of aromatic nitrogens is 1. The van der Waals surface area contributed by atoms with Crippen molar-refractivity contribution < 1.29 is 9.59 Å². The van der Waals surface area contributed by atoms with Crippen LogP contribution < -0.4 is 0 Å². The first kappa shape index (κ1) is 15.9. The summed E-state index contributed by atoms with van der Waals surface area (Å²) in [6, 6.07) is 3.35. The highest BCUT2D eigenvalue weighted by Gasteiger charge is 2.23. The minimum Gasteiger partial charge on any atom is -0.337 e. The Balaban J connectivity index is 1.71. The van der Waals surface area contributed by atoms with Crippen molar-refractivity contribution in [1.82, 2.24) is 19.7 Å². The molecule has 3 heterocycles. The monoisotopic (exact) mass is 316 g/mol. The van der Waals surface area contributed by atoms with Crippen molar-refractivity contribution in [3.05, 3.63) is 29.6 Å². The third-order valence-corrected chi connectivity index (χ3v) is 4.66. The van der Waals surface area contributed by atoms with Gasteiger partial charge in [-0.3, -0.25) is 14.6 Å². The SMILES string of the molecule is CN1CCN(C(=O)c2ccnc(C(=O)N3CCCCC3)c2)CC1. The summed E-state index contributed by atoms with van der Waals surface area (Å²) in [6.07, 6.45) is 4.84. The van der Waals surface area contributed by atoms with Gasteiger partial charge in [0, 0.05) is 51.0 Å². The summed E-state index contributed by atoms with van der Waals surface area (Å²) < 4.78 is 0. The van der Waals surface area contributed by atoms with Crippen LogP contribution in [0.25, 0.3) is 0 Å². The molecule has 3 rings (SSSR count). The molecule has 124 valence electrons. The topological polar surface area (TPSA) is 56.8 Å². The largest absolute Gasteiger partial charge is 0.337 e. The molecule has 0 radical (unpaired) electrons. The van der Waals surface area contributed by atoms with E-state index in [9.17, 15) is 9.59 Å². The van der Waals surface area contributed by atoms with Crippen molar-refractivity contribution in [3.8, 4) is 0 Å². The lowest BCUT2D eigenvalue weighted by Gasteiger charge is -2.32. The lowest BCUT2D eigenvalue weighted by atomic mass is 10.1. The number of carbonyl (C=O) groups is 2. The lowest BCUT2D eigenvalue weighted by molar-refractivity contribution is 0.0664. The van der Waals surface area contributed by atoms with Crippen LogP contribution in [-0.2, 0) is 0 Å². The van der Waals surface area contributed by atoms with Gasteiger partial charge in [-0.05, 0) is 38.4 Å². The fourth-order valence-electron chi connectivity index (χ4n) is 3.13. The Kier molecular flexibility index (Phi) is 4.91. The van der Waals surface area contributed by atoms with E-state index in [2.05, 4.69) is 16.9 Å². The Bertz CT molecular complexity index is 576. The number of carbonyl (C=O) groups excluding carboxylic acids is 2. The van der Waals surface area contributed by atoms with Crippen LogP contribution in [0.4, 0.5) is 0 Å². The van der Waals surface area contributed by atoms with Crippen molar-refractivity contribution in [2.45, 2.75) is 19.3 Å². The van der Waals surface area contributed by atoms with E-state index in [1.807, 2.05) is 9.80 Å². The highest BCUT2D eigenvalue weighted by Crippen LogP contribution is 2.14. The fourth-order valence-corrected chi connectivity index (χ4v) is 3.13. The summed E-state index contributed by atoms with van der Waals surface area (Å²) in [5.74, 6) is -0.0640. The molecule has 23 heavy (non-hydrogen) atoms. The molecule has 2 fully saturated rings. The van der Waals surface area contributed by atoms with E-state index in [4.69, 9.17) is 0 Å². The Morgan fingerprint density at radius 3 is 2.26 bits per heavy atom. The van der Waals surface area contributed by atoms with Gasteiger partial charge < -0.3 is 14.7 Å². The first-order chi connectivity index (χ1) is 11.1. The van der Waals surface area contributed by atoms with Crippen LogP contribution in [0.3, 0.4) is 0 Å². The summed E-state index contributed by atoms with van der Waals surface area (Å²) in [6.45, 7) is 4.81. The van der Waals surface area contributed by atoms with Crippen molar-refractivity contribution in [1.29, 1.82) is 0 Å².